The van der Waals surface area contributed by atoms with Gasteiger partial charge in [-0.15, -0.1) is 0 Å². The molecule has 0 aliphatic heterocycles. The summed E-state index contributed by atoms with van der Waals surface area (Å²) in [6.07, 6.45) is 0. The van der Waals surface area contributed by atoms with Crippen molar-refractivity contribution < 1.29 is 14.6 Å². The molecule has 0 saturated heterocycles. The molecule has 2 N–H and O–H groups in total. The second-order valence-corrected chi connectivity index (χ2v) is 2.97. The zero-order chi connectivity index (χ0) is 12.3. The van der Waals surface area contributed by atoms with Gasteiger partial charge in [0, 0.05) is 14.1 Å². The number of anilines is 1. The summed E-state index contributed by atoms with van der Waals surface area (Å²) in [4.78, 5) is 26.7. The maximum atomic E-state index is 11.5. The molecular formula is C9H13N3O4. The summed E-state index contributed by atoms with van der Waals surface area (Å²) in [5, 5.41) is 12.1. The fourth-order valence-corrected chi connectivity index (χ4v) is 1.16. The van der Waals surface area contributed by atoms with E-state index < -0.39 is 17.3 Å². The first-order valence-electron chi connectivity index (χ1n) is 4.67. The number of aromatic hydroxyl groups is 1. The van der Waals surface area contributed by atoms with Gasteiger partial charge in [-0.3, -0.25) is 9.36 Å². The second kappa shape index (κ2) is 4.65. The minimum absolute atomic E-state index is 0.143. The van der Waals surface area contributed by atoms with Crippen LogP contribution in [0.2, 0.25) is 0 Å². The third-order valence-electron chi connectivity index (χ3n) is 1.96. The van der Waals surface area contributed by atoms with E-state index in [0.717, 1.165) is 4.57 Å². The first-order valence-corrected chi connectivity index (χ1v) is 4.67. The van der Waals surface area contributed by atoms with Crippen LogP contribution in [0.4, 0.5) is 5.95 Å². The summed E-state index contributed by atoms with van der Waals surface area (Å²) in [6, 6.07) is 0. The minimum Gasteiger partial charge on any atom is -0.501 e. The van der Waals surface area contributed by atoms with Crippen LogP contribution in [0.15, 0.2) is 4.79 Å². The Bertz CT molecular complexity index is 467. The first kappa shape index (κ1) is 12.0. The number of hydrogen-bond acceptors (Lipinski definition) is 6. The normalized spacial score (nSPS) is 9.94. The van der Waals surface area contributed by atoms with Gasteiger partial charge >= 0.3 is 5.97 Å². The zero-order valence-electron chi connectivity index (χ0n) is 9.27. The minimum atomic E-state index is -0.825. The van der Waals surface area contributed by atoms with E-state index in [1.807, 2.05) is 0 Å². The van der Waals surface area contributed by atoms with Crippen molar-refractivity contribution in [2.45, 2.75) is 6.92 Å². The highest BCUT2D eigenvalue weighted by molar-refractivity contribution is 5.90. The Morgan fingerprint density at radius 2 is 2.25 bits per heavy atom. The Labute approximate surface area is 91.7 Å². The molecule has 0 aliphatic rings. The Hall–Kier alpha value is -2.05. The Morgan fingerprint density at radius 3 is 2.75 bits per heavy atom. The Morgan fingerprint density at radius 1 is 1.62 bits per heavy atom. The van der Waals surface area contributed by atoms with Crippen LogP contribution in [0.5, 0.6) is 5.75 Å². The molecule has 0 bridgehead atoms. The van der Waals surface area contributed by atoms with Crippen molar-refractivity contribution in [2.75, 3.05) is 19.0 Å². The van der Waals surface area contributed by atoms with Gasteiger partial charge < -0.3 is 15.2 Å². The molecule has 1 aromatic heterocycles. The number of ether oxygens (including phenoxy) is 1. The van der Waals surface area contributed by atoms with Crippen molar-refractivity contribution in [3.8, 4) is 5.75 Å². The van der Waals surface area contributed by atoms with Gasteiger partial charge in [0.1, 0.15) is 0 Å². The highest BCUT2D eigenvalue weighted by atomic mass is 16.5. The Kier molecular flexibility index (Phi) is 3.49. The second-order valence-electron chi connectivity index (χ2n) is 2.97. The van der Waals surface area contributed by atoms with Gasteiger partial charge in [-0.05, 0) is 6.92 Å². The van der Waals surface area contributed by atoms with Crippen LogP contribution in [0.25, 0.3) is 0 Å². The molecule has 0 fully saturated rings. The molecule has 0 unspecified atom stereocenters. The molecular weight excluding hydrogens is 214 g/mol. The molecule has 7 nitrogen and oxygen atoms in total. The molecule has 16 heavy (non-hydrogen) atoms. The fraction of sp³-hybridized carbons (Fsp3) is 0.444. The third-order valence-corrected chi connectivity index (χ3v) is 1.96. The van der Waals surface area contributed by atoms with Gasteiger partial charge in [0.05, 0.1) is 6.61 Å². The number of carbonyl (C=O) groups excluding carboxylic acids is 1. The fourth-order valence-electron chi connectivity index (χ4n) is 1.16. The predicted molar refractivity (Wildman–Crippen MR) is 56.6 cm³/mol. The van der Waals surface area contributed by atoms with Crippen molar-refractivity contribution in [3.05, 3.63) is 16.0 Å². The van der Waals surface area contributed by atoms with Crippen molar-refractivity contribution >= 4 is 11.9 Å². The van der Waals surface area contributed by atoms with Crippen molar-refractivity contribution in [1.29, 1.82) is 0 Å². The molecule has 0 saturated carbocycles. The number of nitrogens with one attached hydrogen (secondary N) is 1. The largest absolute Gasteiger partial charge is 0.501 e. The molecule has 88 valence electrons. The molecule has 0 radical (unpaired) electrons. The van der Waals surface area contributed by atoms with E-state index >= 15 is 0 Å². The van der Waals surface area contributed by atoms with Gasteiger partial charge in [-0.2, -0.15) is 0 Å². The van der Waals surface area contributed by atoms with Crippen LogP contribution in [0, 0.1) is 0 Å². The van der Waals surface area contributed by atoms with Crippen LogP contribution in [-0.4, -0.2) is 34.3 Å². The van der Waals surface area contributed by atoms with Crippen LogP contribution >= 0.6 is 0 Å². The smallest absolute Gasteiger partial charge is 0.361 e. The lowest BCUT2D eigenvalue weighted by atomic mass is 10.3. The van der Waals surface area contributed by atoms with E-state index in [1.54, 1.807) is 14.0 Å². The van der Waals surface area contributed by atoms with E-state index in [1.165, 1.54) is 7.05 Å². The predicted octanol–water partition coefficient (Wildman–Crippen LogP) is -0.296. The SMILES string of the molecule is CCOC(=O)c1nc(NC)n(C)c(=O)c1O. The quantitative estimate of drug-likeness (QED) is 0.689. The molecule has 0 spiro atoms. The van der Waals surface area contributed by atoms with E-state index in [2.05, 4.69) is 15.0 Å². The van der Waals surface area contributed by atoms with Crippen molar-refractivity contribution in [1.82, 2.24) is 9.55 Å². The van der Waals surface area contributed by atoms with Gasteiger partial charge in [-0.25, -0.2) is 9.78 Å². The number of esters is 1. The molecule has 0 atom stereocenters. The van der Waals surface area contributed by atoms with E-state index in [9.17, 15) is 14.7 Å². The summed E-state index contributed by atoms with van der Waals surface area (Å²) in [7, 11) is 2.98. The number of carbonyl (C=O) groups is 1. The summed E-state index contributed by atoms with van der Waals surface area (Å²) in [5.74, 6) is -1.36. The molecule has 1 heterocycles. The molecule has 7 heteroatoms. The Balaban J connectivity index is 3.36. The van der Waals surface area contributed by atoms with E-state index in [-0.39, 0.29) is 18.2 Å². The van der Waals surface area contributed by atoms with Crippen molar-refractivity contribution in [3.63, 3.8) is 0 Å². The van der Waals surface area contributed by atoms with Crippen LogP contribution in [0.1, 0.15) is 17.4 Å². The van der Waals surface area contributed by atoms with Gasteiger partial charge in [0.25, 0.3) is 5.56 Å². The highest BCUT2D eigenvalue weighted by Crippen LogP contribution is 2.12. The maximum Gasteiger partial charge on any atom is 0.361 e. The van der Waals surface area contributed by atoms with Crippen LogP contribution in [-0.2, 0) is 11.8 Å². The third kappa shape index (κ3) is 1.97. The molecule has 0 amide bonds. The number of rotatable bonds is 3. The number of hydrogen-bond donors (Lipinski definition) is 2. The van der Waals surface area contributed by atoms with E-state index in [4.69, 9.17) is 0 Å². The molecule has 0 aromatic carbocycles. The number of aromatic nitrogens is 2. The van der Waals surface area contributed by atoms with Gasteiger partial charge in [-0.1, -0.05) is 0 Å². The summed E-state index contributed by atoms with van der Waals surface area (Å²) in [6.45, 7) is 1.76. The lowest BCUT2D eigenvalue weighted by Crippen LogP contribution is -2.24. The average Bonchev–Trinajstić information content (AvgIpc) is 2.27. The lowest BCUT2D eigenvalue weighted by Gasteiger charge is -2.09. The van der Waals surface area contributed by atoms with Crippen molar-refractivity contribution in [2.24, 2.45) is 7.05 Å². The molecule has 1 rings (SSSR count). The lowest BCUT2D eigenvalue weighted by molar-refractivity contribution is 0.0515. The summed E-state index contributed by atoms with van der Waals surface area (Å²) < 4.78 is 5.76. The monoisotopic (exact) mass is 227 g/mol. The average molecular weight is 227 g/mol. The molecule has 1 aromatic rings. The van der Waals surface area contributed by atoms with Crippen LogP contribution < -0.4 is 10.9 Å². The first-order chi connectivity index (χ1) is 7.52. The molecule has 0 aliphatic carbocycles. The summed E-state index contributed by atoms with van der Waals surface area (Å²) >= 11 is 0. The van der Waals surface area contributed by atoms with Gasteiger partial charge in [0.15, 0.2) is 5.69 Å². The van der Waals surface area contributed by atoms with Crippen LogP contribution in [0.3, 0.4) is 0 Å². The maximum absolute atomic E-state index is 11.5. The van der Waals surface area contributed by atoms with Gasteiger partial charge in [0.2, 0.25) is 11.7 Å². The highest BCUT2D eigenvalue weighted by Gasteiger charge is 2.20. The topological polar surface area (TPSA) is 93.5 Å². The standard InChI is InChI=1S/C9H13N3O4/c1-4-16-8(15)5-6(13)7(14)12(3)9(10-2)11-5/h13H,4H2,1-3H3,(H,10,11). The summed E-state index contributed by atoms with van der Waals surface area (Å²) in [5.41, 5.74) is -1.09. The van der Waals surface area contributed by atoms with E-state index in [0.29, 0.717) is 0 Å². The zero-order valence-corrected chi connectivity index (χ0v) is 9.27. The number of nitrogens with zero attached hydrogens (tertiary/aromatic N) is 2.